The van der Waals surface area contributed by atoms with E-state index in [2.05, 4.69) is 10.5 Å². The van der Waals surface area contributed by atoms with Crippen molar-refractivity contribution in [1.29, 1.82) is 0 Å². The fourth-order valence-corrected chi connectivity index (χ4v) is 1.64. The Morgan fingerprint density at radius 2 is 2.04 bits per heavy atom. The predicted octanol–water partition coefficient (Wildman–Crippen LogP) is 1.83. The Morgan fingerprint density at radius 1 is 1.30 bits per heavy atom. The largest absolute Gasteiger partial charge is 0.502 e. The third-order valence-corrected chi connectivity index (χ3v) is 2.71. The highest BCUT2D eigenvalue weighted by atomic mass is 16.6. The maximum Gasteiger partial charge on any atom is 0.311 e. The number of hydrogen-bond acceptors (Lipinski definition) is 6. The Bertz CT molecular complexity index is 731. The van der Waals surface area contributed by atoms with Crippen molar-refractivity contribution in [1.82, 2.24) is 5.43 Å². The summed E-state index contributed by atoms with van der Waals surface area (Å²) >= 11 is 0. The van der Waals surface area contributed by atoms with Gasteiger partial charge in [-0.15, -0.1) is 0 Å². The van der Waals surface area contributed by atoms with Crippen LogP contribution in [0, 0.1) is 10.1 Å². The molecule has 23 heavy (non-hydrogen) atoms. The molecule has 118 valence electrons. The zero-order valence-electron chi connectivity index (χ0n) is 11.9. The van der Waals surface area contributed by atoms with Gasteiger partial charge < -0.3 is 9.84 Å². The minimum atomic E-state index is -0.709. The molecule has 0 spiro atoms. The van der Waals surface area contributed by atoms with Crippen molar-refractivity contribution in [3.8, 4) is 11.5 Å². The van der Waals surface area contributed by atoms with Crippen LogP contribution in [0.1, 0.15) is 5.56 Å². The summed E-state index contributed by atoms with van der Waals surface area (Å²) in [6, 6.07) is 12.6. The number of carbonyl (C=O) groups excluding carboxylic acids is 1. The van der Waals surface area contributed by atoms with Gasteiger partial charge in [-0.1, -0.05) is 18.2 Å². The summed E-state index contributed by atoms with van der Waals surface area (Å²) in [4.78, 5) is 21.5. The Hall–Kier alpha value is -3.42. The van der Waals surface area contributed by atoms with Gasteiger partial charge in [-0.3, -0.25) is 14.9 Å². The number of aromatic hydroxyl groups is 1. The molecule has 0 aliphatic rings. The van der Waals surface area contributed by atoms with Gasteiger partial charge in [0.2, 0.25) is 0 Å². The summed E-state index contributed by atoms with van der Waals surface area (Å²) in [6.45, 7) is -0.211. The summed E-state index contributed by atoms with van der Waals surface area (Å²) < 4.78 is 5.23. The second-order valence-electron chi connectivity index (χ2n) is 4.40. The van der Waals surface area contributed by atoms with Gasteiger partial charge in [-0.25, -0.2) is 5.43 Å². The zero-order chi connectivity index (χ0) is 16.7. The van der Waals surface area contributed by atoms with Crippen LogP contribution in [0.4, 0.5) is 5.69 Å². The highest BCUT2D eigenvalue weighted by Gasteiger charge is 2.12. The number of rotatable bonds is 6. The number of nitro benzene ring substituents is 1. The molecule has 0 bridgehead atoms. The molecule has 2 aromatic carbocycles. The molecule has 8 nitrogen and oxygen atoms in total. The summed E-state index contributed by atoms with van der Waals surface area (Å²) in [6.07, 6.45) is 1.23. The van der Waals surface area contributed by atoms with Crippen molar-refractivity contribution in [2.24, 2.45) is 5.10 Å². The van der Waals surface area contributed by atoms with Crippen LogP contribution in [0.3, 0.4) is 0 Å². The number of hydrogen-bond donors (Lipinski definition) is 2. The van der Waals surface area contributed by atoms with Crippen LogP contribution in [0.25, 0.3) is 0 Å². The number of phenolic OH excluding ortho intramolecular Hbond substituents is 1. The molecule has 2 rings (SSSR count). The third-order valence-electron chi connectivity index (χ3n) is 2.71. The summed E-state index contributed by atoms with van der Waals surface area (Å²) in [7, 11) is 0. The number of nitrogens with zero attached hydrogens (tertiary/aromatic N) is 2. The van der Waals surface area contributed by atoms with Gasteiger partial charge in [-0.05, 0) is 24.3 Å². The van der Waals surface area contributed by atoms with Gasteiger partial charge >= 0.3 is 5.69 Å². The van der Waals surface area contributed by atoms with E-state index in [4.69, 9.17) is 4.74 Å². The molecular formula is C15H13N3O5. The molecule has 0 saturated heterocycles. The van der Waals surface area contributed by atoms with Crippen LogP contribution >= 0.6 is 0 Å². The molecule has 2 N–H and O–H groups in total. The molecule has 0 fully saturated rings. The fraction of sp³-hybridized carbons (Fsp3) is 0.0667. The molecule has 2 aromatic rings. The normalized spacial score (nSPS) is 10.4. The molecule has 0 aliphatic heterocycles. The van der Waals surface area contributed by atoms with Gasteiger partial charge in [0.15, 0.2) is 12.4 Å². The van der Waals surface area contributed by atoms with Crippen molar-refractivity contribution in [3.05, 3.63) is 64.2 Å². The quantitative estimate of drug-likeness (QED) is 0.479. The molecule has 0 atom stereocenters. The standard InChI is InChI=1S/C15H13N3O5/c19-14-7-6-11(8-13(14)18(21)22)9-16-17-15(20)10-23-12-4-2-1-3-5-12/h1-9,19H,10H2,(H,17,20)/b16-9+. The maximum atomic E-state index is 11.5. The lowest BCUT2D eigenvalue weighted by Crippen LogP contribution is -2.24. The van der Waals surface area contributed by atoms with Crippen LogP contribution in [0.15, 0.2) is 53.6 Å². The Balaban J connectivity index is 1.87. The minimum absolute atomic E-state index is 0.211. The summed E-state index contributed by atoms with van der Waals surface area (Å²) in [5.74, 6) is -0.355. The van der Waals surface area contributed by atoms with Crippen LogP contribution < -0.4 is 10.2 Å². The molecular weight excluding hydrogens is 302 g/mol. The molecule has 0 saturated carbocycles. The van der Waals surface area contributed by atoms with E-state index in [0.29, 0.717) is 11.3 Å². The predicted molar refractivity (Wildman–Crippen MR) is 82.4 cm³/mol. The Kier molecular flexibility index (Phi) is 5.24. The van der Waals surface area contributed by atoms with Crippen molar-refractivity contribution >= 4 is 17.8 Å². The average Bonchev–Trinajstić information content (AvgIpc) is 2.55. The summed E-state index contributed by atoms with van der Waals surface area (Å²) in [5.41, 5.74) is 2.16. The first-order chi connectivity index (χ1) is 11.1. The number of nitrogens with one attached hydrogen (secondary N) is 1. The molecule has 0 aliphatic carbocycles. The number of benzene rings is 2. The number of phenols is 1. The number of nitro groups is 1. The number of amides is 1. The van der Waals surface area contributed by atoms with Crippen molar-refractivity contribution in [2.75, 3.05) is 6.61 Å². The van der Waals surface area contributed by atoms with E-state index in [1.54, 1.807) is 24.3 Å². The van der Waals surface area contributed by atoms with Crippen LogP contribution in [-0.4, -0.2) is 28.8 Å². The third kappa shape index (κ3) is 4.81. The van der Waals surface area contributed by atoms with Gasteiger partial charge in [0.1, 0.15) is 5.75 Å². The monoisotopic (exact) mass is 315 g/mol. The maximum absolute atomic E-state index is 11.5. The Morgan fingerprint density at radius 3 is 2.74 bits per heavy atom. The van der Waals surface area contributed by atoms with E-state index in [-0.39, 0.29) is 6.61 Å². The number of hydrazone groups is 1. The van der Waals surface area contributed by atoms with E-state index in [9.17, 15) is 20.0 Å². The van der Waals surface area contributed by atoms with E-state index >= 15 is 0 Å². The lowest BCUT2D eigenvalue weighted by Gasteiger charge is -2.04. The van der Waals surface area contributed by atoms with Crippen LogP contribution in [-0.2, 0) is 4.79 Å². The average molecular weight is 315 g/mol. The second kappa shape index (κ2) is 7.55. The molecule has 8 heteroatoms. The Labute approximate surface area is 131 Å². The molecule has 1 amide bonds. The topological polar surface area (TPSA) is 114 Å². The number of para-hydroxylation sites is 1. The van der Waals surface area contributed by atoms with Gasteiger partial charge in [-0.2, -0.15) is 5.10 Å². The van der Waals surface area contributed by atoms with Gasteiger partial charge in [0.25, 0.3) is 5.91 Å². The first kappa shape index (κ1) is 16.0. The first-order valence-electron chi connectivity index (χ1n) is 6.53. The van der Waals surface area contributed by atoms with Crippen molar-refractivity contribution in [2.45, 2.75) is 0 Å². The highest BCUT2D eigenvalue weighted by molar-refractivity contribution is 5.84. The molecule has 0 heterocycles. The zero-order valence-corrected chi connectivity index (χ0v) is 11.9. The number of ether oxygens (including phenoxy) is 1. The van der Waals surface area contributed by atoms with Crippen LogP contribution in [0.2, 0.25) is 0 Å². The van der Waals surface area contributed by atoms with Crippen molar-refractivity contribution < 1.29 is 19.6 Å². The fourth-order valence-electron chi connectivity index (χ4n) is 1.64. The number of carbonyl (C=O) groups is 1. The first-order valence-corrected chi connectivity index (χ1v) is 6.53. The van der Waals surface area contributed by atoms with Crippen molar-refractivity contribution in [3.63, 3.8) is 0 Å². The van der Waals surface area contributed by atoms with E-state index in [1.165, 1.54) is 18.3 Å². The van der Waals surface area contributed by atoms with Crippen LogP contribution in [0.5, 0.6) is 11.5 Å². The van der Waals surface area contributed by atoms with E-state index < -0.39 is 22.3 Å². The minimum Gasteiger partial charge on any atom is -0.502 e. The molecule has 0 unspecified atom stereocenters. The summed E-state index contributed by atoms with van der Waals surface area (Å²) in [5, 5.41) is 23.7. The van der Waals surface area contributed by atoms with E-state index in [0.717, 1.165) is 6.07 Å². The molecule has 0 aromatic heterocycles. The lowest BCUT2D eigenvalue weighted by atomic mass is 10.2. The van der Waals surface area contributed by atoms with Gasteiger partial charge in [0, 0.05) is 11.6 Å². The van der Waals surface area contributed by atoms with E-state index in [1.807, 2.05) is 6.07 Å². The van der Waals surface area contributed by atoms with Gasteiger partial charge in [0.05, 0.1) is 11.1 Å². The lowest BCUT2D eigenvalue weighted by molar-refractivity contribution is -0.385. The second-order valence-corrected chi connectivity index (χ2v) is 4.40. The highest BCUT2D eigenvalue weighted by Crippen LogP contribution is 2.25. The SMILES string of the molecule is O=C(COc1ccccc1)N/N=C/c1ccc(O)c([N+](=O)[O-])c1. The molecule has 0 radical (unpaired) electrons. The smallest absolute Gasteiger partial charge is 0.311 e.